The van der Waals surface area contributed by atoms with Gasteiger partial charge in [-0.3, -0.25) is 4.79 Å². The zero-order chi connectivity index (χ0) is 16.9. The van der Waals surface area contributed by atoms with Gasteiger partial charge in [-0.25, -0.2) is 4.98 Å². The van der Waals surface area contributed by atoms with E-state index in [1.165, 1.54) is 38.2 Å². The van der Waals surface area contributed by atoms with Crippen molar-refractivity contribution in [3.8, 4) is 11.8 Å². The van der Waals surface area contributed by atoms with Crippen LogP contribution in [0.2, 0.25) is 0 Å². The van der Waals surface area contributed by atoms with Crippen molar-refractivity contribution in [1.82, 2.24) is 9.55 Å². The molecule has 0 aliphatic heterocycles. The average molecular weight is 321 g/mol. The number of anilines is 1. The van der Waals surface area contributed by atoms with Gasteiger partial charge in [0.25, 0.3) is 0 Å². The van der Waals surface area contributed by atoms with Gasteiger partial charge in [0.15, 0.2) is 0 Å². The summed E-state index contributed by atoms with van der Waals surface area (Å²) in [5.41, 5.74) is 2.49. The molecule has 3 rings (SSSR count). The lowest BCUT2D eigenvalue weighted by molar-refractivity contribution is -0.111. The van der Waals surface area contributed by atoms with Crippen LogP contribution in [0, 0.1) is 17.8 Å². The number of carbonyl (C=O) groups is 1. The van der Waals surface area contributed by atoms with E-state index in [0.717, 1.165) is 28.9 Å². The van der Waals surface area contributed by atoms with E-state index in [1.807, 2.05) is 23.9 Å². The fourth-order valence-electron chi connectivity index (χ4n) is 3.30. The van der Waals surface area contributed by atoms with Crippen molar-refractivity contribution >= 4 is 22.6 Å². The number of carbonyl (C=O) groups excluding carboxylic acids is 1. The van der Waals surface area contributed by atoms with Gasteiger partial charge in [0.05, 0.1) is 17.4 Å². The summed E-state index contributed by atoms with van der Waals surface area (Å²) < 4.78 is 1.97. The molecule has 0 spiro atoms. The van der Waals surface area contributed by atoms with Crippen LogP contribution in [0.25, 0.3) is 11.0 Å². The summed E-state index contributed by atoms with van der Waals surface area (Å²) in [6.45, 7) is 3.47. The topological polar surface area (TPSA) is 46.9 Å². The molecule has 1 fully saturated rings. The molecule has 2 heterocycles. The lowest BCUT2D eigenvalue weighted by atomic mass is 9.87. The van der Waals surface area contributed by atoms with Gasteiger partial charge in [-0.1, -0.05) is 37.7 Å². The third-order valence-electron chi connectivity index (χ3n) is 4.61. The van der Waals surface area contributed by atoms with Gasteiger partial charge in [-0.05, 0) is 30.9 Å². The summed E-state index contributed by atoms with van der Waals surface area (Å²) in [7, 11) is 1.96. The van der Waals surface area contributed by atoms with Crippen molar-refractivity contribution in [2.24, 2.45) is 13.0 Å². The first-order valence-electron chi connectivity index (χ1n) is 8.54. The van der Waals surface area contributed by atoms with Crippen LogP contribution in [0.3, 0.4) is 0 Å². The summed E-state index contributed by atoms with van der Waals surface area (Å²) in [5.74, 6) is 7.17. The Morgan fingerprint density at radius 1 is 1.46 bits per heavy atom. The molecular weight excluding hydrogens is 298 g/mol. The Morgan fingerprint density at radius 2 is 2.25 bits per heavy atom. The zero-order valence-corrected chi connectivity index (χ0v) is 14.1. The molecule has 1 saturated carbocycles. The second-order valence-corrected chi connectivity index (χ2v) is 6.45. The van der Waals surface area contributed by atoms with Crippen LogP contribution in [0.4, 0.5) is 5.69 Å². The Labute approximate surface area is 143 Å². The molecule has 1 N–H and O–H groups in total. The predicted octanol–water partition coefficient (Wildman–Crippen LogP) is 4.02. The second-order valence-electron chi connectivity index (χ2n) is 6.45. The Morgan fingerprint density at radius 3 is 3.00 bits per heavy atom. The van der Waals surface area contributed by atoms with Crippen molar-refractivity contribution in [3.05, 3.63) is 36.7 Å². The molecule has 0 aromatic carbocycles. The highest BCUT2D eigenvalue weighted by Gasteiger charge is 2.12. The molecule has 1 amide bonds. The first-order chi connectivity index (χ1) is 11.7. The molecule has 1 aliphatic rings. The van der Waals surface area contributed by atoms with Gasteiger partial charge in [-0.15, -0.1) is 0 Å². The first-order valence-corrected chi connectivity index (χ1v) is 8.54. The van der Waals surface area contributed by atoms with E-state index in [1.54, 1.807) is 6.20 Å². The van der Waals surface area contributed by atoms with Crippen molar-refractivity contribution in [3.63, 3.8) is 0 Å². The van der Waals surface area contributed by atoms with Crippen molar-refractivity contribution < 1.29 is 4.79 Å². The molecule has 4 heteroatoms. The van der Waals surface area contributed by atoms with E-state index in [2.05, 4.69) is 28.7 Å². The standard InChI is InChI=1S/C20H23N3O/c1-3-19(24)22-17-12-18-16(14-23(2)20(18)21-13-17)11-7-10-15-8-5-4-6-9-15/h3,12-15H,1,4-6,8-10H2,2H3,(H,22,24). The van der Waals surface area contributed by atoms with E-state index >= 15 is 0 Å². The van der Waals surface area contributed by atoms with E-state index in [0.29, 0.717) is 5.69 Å². The van der Waals surface area contributed by atoms with Crippen molar-refractivity contribution in [2.45, 2.75) is 38.5 Å². The molecule has 124 valence electrons. The highest BCUT2D eigenvalue weighted by atomic mass is 16.1. The summed E-state index contributed by atoms with van der Waals surface area (Å²) in [5, 5.41) is 3.72. The second kappa shape index (κ2) is 7.35. The fraction of sp³-hybridized carbons (Fsp3) is 0.400. The molecule has 0 saturated heterocycles. The number of rotatable bonds is 3. The summed E-state index contributed by atoms with van der Waals surface area (Å²) in [6, 6.07) is 1.92. The molecule has 0 radical (unpaired) electrons. The molecular formula is C20H23N3O. The van der Waals surface area contributed by atoms with E-state index in [4.69, 9.17) is 0 Å². The van der Waals surface area contributed by atoms with E-state index in [-0.39, 0.29) is 5.91 Å². The van der Waals surface area contributed by atoms with Crippen LogP contribution >= 0.6 is 0 Å². The fourth-order valence-corrected chi connectivity index (χ4v) is 3.30. The van der Waals surface area contributed by atoms with Gasteiger partial charge < -0.3 is 9.88 Å². The summed E-state index contributed by atoms with van der Waals surface area (Å²) in [4.78, 5) is 15.9. The van der Waals surface area contributed by atoms with E-state index in [9.17, 15) is 4.79 Å². The SMILES string of the molecule is C=CC(=O)Nc1cnc2c(c1)c(C#CCC1CCCCC1)cn2C. The van der Waals surface area contributed by atoms with Crippen LogP contribution in [0.5, 0.6) is 0 Å². The number of fused-ring (bicyclic) bond motifs is 1. The first kappa shape index (κ1) is 16.3. The zero-order valence-electron chi connectivity index (χ0n) is 14.1. The Bertz CT molecular complexity index is 817. The van der Waals surface area contributed by atoms with Gasteiger partial charge >= 0.3 is 0 Å². The van der Waals surface area contributed by atoms with Crippen molar-refractivity contribution in [2.75, 3.05) is 5.32 Å². The molecule has 0 bridgehead atoms. The van der Waals surface area contributed by atoms with Crippen LogP contribution < -0.4 is 5.32 Å². The molecule has 0 unspecified atom stereocenters. The minimum atomic E-state index is -0.239. The molecule has 4 nitrogen and oxygen atoms in total. The monoisotopic (exact) mass is 321 g/mol. The third-order valence-corrected chi connectivity index (χ3v) is 4.61. The molecule has 0 atom stereocenters. The van der Waals surface area contributed by atoms with Crippen molar-refractivity contribution in [1.29, 1.82) is 0 Å². The number of pyridine rings is 1. The van der Waals surface area contributed by atoms with Crippen LogP contribution in [-0.2, 0) is 11.8 Å². The van der Waals surface area contributed by atoms with Crippen LogP contribution in [0.15, 0.2) is 31.1 Å². The average Bonchev–Trinajstić information content (AvgIpc) is 2.91. The number of aryl methyl sites for hydroxylation is 1. The molecule has 24 heavy (non-hydrogen) atoms. The normalized spacial score (nSPS) is 14.9. The van der Waals surface area contributed by atoms with Crippen LogP contribution in [0.1, 0.15) is 44.1 Å². The Balaban J connectivity index is 1.83. The molecule has 2 aromatic heterocycles. The number of hydrogen-bond donors (Lipinski definition) is 1. The van der Waals surface area contributed by atoms with E-state index < -0.39 is 0 Å². The lowest BCUT2D eigenvalue weighted by Crippen LogP contribution is -2.07. The Hall–Kier alpha value is -2.54. The number of nitrogens with zero attached hydrogens (tertiary/aromatic N) is 2. The largest absolute Gasteiger partial charge is 0.334 e. The number of amides is 1. The van der Waals surface area contributed by atoms with Gasteiger partial charge in [0.1, 0.15) is 5.65 Å². The number of nitrogens with one attached hydrogen (secondary N) is 1. The predicted molar refractivity (Wildman–Crippen MR) is 97.6 cm³/mol. The number of aromatic nitrogens is 2. The van der Waals surface area contributed by atoms with Gasteiger partial charge in [-0.2, -0.15) is 0 Å². The van der Waals surface area contributed by atoms with Crippen LogP contribution in [-0.4, -0.2) is 15.5 Å². The summed E-state index contributed by atoms with van der Waals surface area (Å²) in [6.07, 6.45) is 12.6. The summed E-state index contributed by atoms with van der Waals surface area (Å²) >= 11 is 0. The minimum Gasteiger partial charge on any atom is -0.334 e. The maximum atomic E-state index is 11.5. The molecule has 1 aliphatic carbocycles. The molecule has 2 aromatic rings. The highest BCUT2D eigenvalue weighted by molar-refractivity contribution is 6.00. The quantitative estimate of drug-likeness (QED) is 0.685. The van der Waals surface area contributed by atoms with Gasteiger partial charge in [0, 0.05) is 25.1 Å². The lowest BCUT2D eigenvalue weighted by Gasteiger charge is -2.18. The highest BCUT2D eigenvalue weighted by Crippen LogP contribution is 2.26. The maximum absolute atomic E-state index is 11.5. The number of hydrogen-bond acceptors (Lipinski definition) is 2. The maximum Gasteiger partial charge on any atom is 0.247 e. The minimum absolute atomic E-state index is 0.239. The Kier molecular flexibility index (Phi) is 5.00. The smallest absolute Gasteiger partial charge is 0.247 e. The van der Waals surface area contributed by atoms with Gasteiger partial charge in [0.2, 0.25) is 5.91 Å². The third kappa shape index (κ3) is 3.68.